The van der Waals surface area contributed by atoms with Crippen LogP contribution in [-0.2, 0) is 16.6 Å². The minimum atomic E-state index is -0.287. The van der Waals surface area contributed by atoms with Crippen molar-refractivity contribution in [1.29, 1.82) is 0 Å². The van der Waals surface area contributed by atoms with E-state index in [4.69, 9.17) is 4.98 Å². The summed E-state index contributed by atoms with van der Waals surface area (Å²) in [5.74, 6) is 1.33. The molecule has 3 aromatic rings. The monoisotopic (exact) mass is 384 g/mol. The topological polar surface area (TPSA) is 63.1 Å². The van der Waals surface area contributed by atoms with Crippen LogP contribution in [0.3, 0.4) is 0 Å². The second-order valence-electron chi connectivity index (χ2n) is 8.32. The van der Waals surface area contributed by atoms with E-state index in [1.54, 1.807) is 12.1 Å². The van der Waals surface area contributed by atoms with Gasteiger partial charge in [0.15, 0.2) is 5.82 Å². The number of hydrogen-bond acceptors (Lipinski definition) is 4. The van der Waals surface area contributed by atoms with Crippen LogP contribution in [0.1, 0.15) is 43.0 Å². The lowest BCUT2D eigenvalue weighted by molar-refractivity contribution is -0.128. The highest BCUT2D eigenvalue weighted by Crippen LogP contribution is 2.54. The van der Waals surface area contributed by atoms with Gasteiger partial charge in [-0.05, 0) is 48.4 Å². The molecule has 1 heterocycles. The number of carbonyl (C=O) groups is 1. The smallest absolute Gasteiger partial charge is 0.163 e. The number of Topliss-reactive ketones (excluding diaryl/α,β-unsaturated/α-hetero) is 1. The van der Waals surface area contributed by atoms with Gasteiger partial charge in [-0.3, -0.25) is 4.79 Å². The summed E-state index contributed by atoms with van der Waals surface area (Å²) in [6, 6.07) is 17.7. The van der Waals surface area contributed by atoms with Crippen LogP contribution in [0.15, 0.2) is 60.8 Å². The Morgan fingerprint density at radius 3 is 2.59 bits per heavy atom. The van der Waals surface area contributed by atoms with Gasteiger partial charge in [-0.15, -0.1) is 0 Å². The zero-order valence-electron chi connectivity index (χ0n) is 16.5. The van der Waals surface area contributed by atoms with Crippen LogP contribution < -0.4 is 0 Å². The predicted molar refractivity (Wildman–Crippen MR) is 112 cm³/mol. The second-order valence-corrected chi connectivity index (χ2v) is 8.32. The van der Waals surface area contributed by atoms with Gasteiger partial charge in [0.2, 0.25) is 0 Å². The summed E-state index contributed by atoms with van der Waals surface area (Å²) in [7, 11) is 0. The zero-order chi connectivity index (χ0) is 20.0. The molecule has 3 atom stereocenters. The highest BCUT2D eigenvalue weighted by molar-refractivity contribution is 5.83. The number of ketones is 1. The number of carbonyl (C=O) groups excluding carboxylic acids is 1. The molecule has 1 fully saturated rings. The molecular formula is C25H24N2O2. The molecule has 4 nitrogen and oxygen atoms in total. The molecule has 1 saturated carbocycles. The number of aryl methyl sites for hydroxylation is 1. The Kier molecular flexibility index (Phi) is 4.23. The fourth-order valence-electron chi connectivity index (χ4n) is 5.49. The average molecular weight is 384 g/mol. The first-order chi connectivity index (χ1) is 14.1. The predicted octanol–water partition coefficient (Wildman–Crippen LogP) is 4.70. The molecule has 0 bridgehead atoms. The first-order valence-corrected chi connectivity index (χ1v) is 10.3. The Morgan fingerprint density at radius 2 is 1.79 bits per heavy atom. The van der Waals surface area contributed by atoms with E-state index in [2.05, 4.69) is 36.2 Å². The summed E-state index contributed by atoms with van der Waals surface area (Å²) in [5.41, 5.74) is 3.77. The van der Waals surface area contributed by atoms with E-state index in [0.717, 1.165) is 30.5 Å². The summed E-state index contributed by atoms with van der Waals surface area (Å²) in [6.07, 6.45) is 5.12. The van der Waals surface area contributed by atoms with Crippen LogP contribution in [0.4, 0.5) is 0 Å². The maximum atomic E-state index is 12.6. The lowest BCUT2D eigenvalue weighted by Crippen LogP contribution is -2.50. The molecule has 146 valence electrons. The van der Waals surface area contributed by atoms with Crippen molar-refractivity contribution in [3.8, 4) is 17.1 Å². The van der Waals surface area contributed by atoms with E-state index in [9.17, 15) is 9.90 Å². The van der Waals surface area contributed by atoms with Crippen LogP contribution in [0.25, 0.3) is 11.4 Å². The normalized spacial score (nSPS) is 25.9. The van der Waals surface area contributed by atoms with Gasteiger partial charge >= 0.3 is 0 Å². The summed E-state index contributed by atoms with van der Waals surface area (Å²) >= 11 is 0. The van der Waals surface area contributed by atoms with Gasteiger partial charge in [0.1, 0.15) is 11.5 Å². The third-order valence-corrected chi connectivity index (χ3v) is 6.96. The summed E-state index contributed by atoms with van der Waals surface area (Å²) in [6.45, 7) is 2.08. The summed E-state index contributed by atoms with van der Waals surface area (Å²) in [5, 5.41) is 10.3. The number of para-hydroxylation sites is 1. The van der Waals surface area contributed by atoms with E-state index in [0.29, 0.717) is 23.6 Å². The van der Waals surface area contributed by atoms with Gasteiger partial charge in [0.05, 0.1) is 11.3 Å². The number of benzene rings is 2. The standard InChI is InChI=1S/C25H24N2O2/c1-16-20-12-11-17-15-26-24(19-9-5-6-10-22(19)29)27-23(17)25(20,14-13-21(16)28)18-7-3-2-4-8-18/h2-10,15-16,20,29H,11-14H2,1H3/t16-,20-,25+/m0/s1. The van der Waals surface area contributed by atoms with Crippen molar-refractivity contribution >= 4 is 5.78 Å². The van der Waals surface area contributed by atoms with E-state index < -0.39 is 0 Å². The van der Waals surface area contributed by atoms with Gasteiger partial charge in [-0.25, -0.2) is 9.97 Å². The third kappa shape index (κ3) is 2.70. The first kappa shape index (κ1) is 18.0. The van der Waals surface area contributed by atoms with Crippen molar-refractivity contribution in [1.82, 2.24) is 9.97 Å². The van der Waals surface area contributed by atoms with Crippen LogP contribution >= 0.6 is 0 Å². The fraction of sp³-hybridized carbons (Fsp3) is 0.320. The van der Waals surface area contributed by atoms with E-state index in [1.165, 1.54) is 5.56 Å². The number of nitrogens with zero attached hydrogens (tertiary/aromatic N) is 2. The quantitative estimate of drug-likeness (QED) is 0.696. The zero-order valence-corrected chi connectivity index (χ0v) is 16.5. The Balaban J connectivity index is 1.75. The Morgan fingerprint density at radius 1 is 1.03 bits per heavy atom. The van der Waals surface area contributed by atoms with Crippen molar-refractivity contribution < 1.29 is 9.90 Å². The fourth-order valence-corrected chi connectivity index (χ4v) is 5.49. The maximum Gasteiger partial charge on any atom is 0.163 e. The number of aromatic hydroxyl groups is 1. The minimum Gasteiger partial charge on any atom is -0.507 e. The molecule has 0 spiro atoms. The van der Waals surface area contributed by atoms with Crippen molar-refractivity contribution in [2.75, 3.05) is 0 Å². The molecule has 2 aliphatic rings. The molecule has 0 unspecified atom stereocenters. The van der Waals surface area contributed by atoms with E-state index in [1.807, 2.05) is 24.4 Å². The molecule has 29 heavy (non-hydrogen) atoms. The summed E-state index contributed by atoms with van der Waals surface area (Å²) < 4.78 is 0. The lowest BCUT2D eigenvalue weighted by atomic mass is 9.53. The molecule has 2 aliphatic carbocycles. The van der Waals surface area contributed by atoms with Crippen molar-refractivity contribution in [2.45, 2.75) is 38.0 Å². The molecule has 0 amide bonds. The number of phenols is 1. The van der Waals surface area contributed by atoms with Gasteiger partial charge in [-0.2, -0.15) is 0 Å². The number of phenolic OH excluding ortho intramolecular Hbond substituents is 1. The van der Waals surface area contributed by atoms with Gasteiger partial charge in [0.25, 0.3) is 0 Å². The van der Waals surface area contributed by atoms with E-state index >= 15 is 0 Å². The highest BCUT2D eigenvalue weighted by Gasteiger charge is 2.53. The van der Waals surface area contributed by atoms with Gasteiger partial charge in [-0.1, -0.05) is 49.4 Å². The largest absolute Gasteiger partial charge is 0.507 e. The second kappa shape index (κ2) is 6.80. The van der Waals surface area contributed by atoms with Crippen molar-refractivity contribution in [3.05, 3.63) is 77.6 Å². The highest BCUT2D eigenvalue weighted by atomic mass is 16.3. The maximum absolute atomic E-state index is 12.6. The molecule has 2 aromatic carbocycles. The number of rotatable bonds is 2. The lowest BCUT2D eigenvalue weighted by Gasteiger charge is -2.50. The summed E-state index contributed by atoms with van der Waals surface area (Å²) in [4.78, 5) is 22.2. The molecule has 1 aromatic heterocycles. The van der Waals surface area contributed by atoms with Crippen molar-refractivity contribution in [3.63, 3.8) is 0 Å². The molecule has 1 N–H and O–H groups in total. The average Bonchev–Trinajstić information content (AvgIpc) is 2.77. The Hall–Kier alpha value is -3.01. The van der Waals surface area contributed by atoms with Crippen LogP contribution in [0, 0.1) is 11.8 Å². The molecule has 5 rings (SSSR count). The third-order valence-electron chi connectivity index (χ3n) is 6.96. The Bertz CT molecular complexity index is 1080. The van der Waals surface area contributed by atoms with Gasteiger partial charge < -0.3 is 5.11 Å². The van der Waals surface area contributed by atoms with Crippen molar-refractivity contribution in [2.24, 2.45) is 11.8 Å². The van der Waals surface area contributed by atoms with Crippen LogP contribution in [-0.4, -0.2) is 20.9 Å². The molecular weight excluding hydrogens is 360 g/mol. The molecule has 4 heteroatoms. The SMILES string of the molecule is C[C@@H]1C(=O)CC[C@]2(c3ccccc3)c3nc(-c4ccccc4O)ncc3CC[C@@H]12. The van der Waals surface area contributed by atoms with E-state index in [-0.39, 0.29) is 23.0 Å². The van der Waals surface area contributed by atoms with Crippen LogP contribution in [0.5, 0.6) is 5.75 Å². The molecule has 0 radical (unpaired) electrons. The van der Waals surface area contributed by atoms with Gasteiger partial charge in [0, 0.05) is 24.0 Å². The number of fused-ring (bicyclic) bond motifs is 3. The molecule has 0 saturated heterocycles. The minimum absolute atomic E-state index is 0.0145. The first-order valence-electron chi connectivity index (χ1n) is 10.3. The Labute approximate surface area is 170 Å². The number of hydrogen-bond donors (Lipinski definition) is 1. The number of aromatic nitrogens is 2. The molecule has 0 aliphatic heterocycles. The van der Waals surface area contributed by atoms with Crippen LogP contribution in [0.2, 0.25) is 0 Å².